The van der Waals surface area contributed by atoms with E-state index in [1.54, 1.807) is 0 Å². The molecule has 2 unspecified atom stereocenters. The lowest BCUT2D eigenvalue weighted by Gasteiger charge is -2.10. The summed E-state index contributed by atoms with van der Waals surface area (Å²) in [4.78, 5) is 10.9. The second kappa shape index (κ2) is 4.54. The Labute approximate surface area is 71.8 Å². The van der Waals surface area contributed by atoms with Gasteiger partial charge < -0.3 is 4.74 Å². The van der Waals surface area contributed by atoms with Crippen molar-refractivity contribution in [3.8, 4) is 0 Å². The van der Waals surface area contributed by atoms with Crippen LogP contribution in [0.2, 0.25) is 0 Å². The summed E-state index contributed by atoms with van der Waals surface area (Å²) in [7, 11) is 0. The largest absolute Gasteiger partial charge is 0.378 e. The number of halogens is 1. The summed E-state index contributed by atoms with van der Waals surface area (Å²) in [6.07, 6.45) is 0.799. The van der Waals surface area contributed by atoms with Crippen molar-refractivity contribution in [3.63, 3.8) is 0 Å². The van der Waals surface area contributed by atoms with Gasteiger partial charge in [-0.25, -0.2) is 5.84 Å². The summed E-state index contributed by atoms with van der Waals surface area (Å²) < 4.78 is 5.17. The molecule has 1 amide bonds. The van der Waals surface area contributed by atoms with E-state index in [4.69, 9.17) is 10.6 Å². The highest BCUT2D eigenvalue weighted by atomic mass is 35.5. The van der Waals surface area contributed by atoms with Gasteiger partial charge in [0.25, 0.3) is 0 Å². The van der Waals surface area contributed by atoms with Crippen LogP contribution in [0.5, 0.6) is 0 Å². The minimum Gasteiger partial charge on any atom is -0.378 e. The number of nitrogens with one attached hydrogen (secondary N) is 1. The van der Waals surface area contributed by atoms with Crippen molar-refractivity contribution in [2.75, 3.05) is 6.61 Å². The summed E-state index contributed by atoms with van der Waals surface area (Å²) in [5.41, 5.74) is 2.12. The molecule has 4 nitrogen and oxygen atoms in total. The van der Waals surface area contributed by atoms with Crippen molar-refractivity contribution < 1.29 is 9.53 Å². The van der Waals surface area contributed by atoms with E-state index in [-0.39, 0.29) is 30.3 Å². The first-order valence-electron chi connectivity index (χ1n) is 3.37. The standard InChI is InChI=1S/C6H12N2O2.ClH/c1-4-5(2-3-10-4)6(9)8-7;/h4-5H,2-3,7H2,1H3,(H,8,9);1H. The predicted octanol–water partition coefficient (Wildman–Crippen LogP) is -0.177. The van der Waals surface area contributed by atoms with Crippen molar-refractivity contribution in [3.05, 3.63) is 0 Å². The van der Waals surface area contributed by atoms with Gasteiger partial charge in [-0.2, -0.15) is 0 Å². The summed E-state index contributed by atoms with van der Waals surface area (Å²) in [6.45, 7) is 2.55. The van der Waals surface area contributed by atoms with Crippen LogP contribution in [0.4, 0.5) is 0 Å². The first-order valence-corrected chi connectivity index (χ1v) is 3.37. The number of hydrogen-bond donors (Lipinski definition) is 2. The lowest BCUT2D eigenvalue weighted by atomic mass is 10.0. The molecule has 1 rings (SSSR count). The summed E-state index contributed by atoms with van der Waals surface area (Å²) in [6, 6.07) is 0. The SMILES string of the molecule is CC1OCCC1C(=O)NN.Cl. The molecule has 0 bridgehead atoms. The topological polar surface area (TPSA) is 64.3 Å². The van der Waals surface area contributed by atoms with E-state index in [9.17, 15) is 4.79 Å². The van der Waals surface area contributed by atoms with Crippen LogP contribution < -0.4 is 11.3 Å². The molecule has 1 saturated heterocycles. The van der Waals surface area contributed by atoms with E-state index in [1.165, 1.54) is 0 Å². The van der Waals surface area contributed by atoms with E-state index in [2.05, 4.69) is 5.43 Å². The minimum absolute atomic E-state index is 0. The number of hydrazine groups is 1. The van der Waals surface area contributed by atoms with Crippen LogP contribution in [0.15, 0.2) is 0 Å². The van der Waals surface area contributed by atoms with Gasteiger partial charge in [0.15, 0.2) is 0 Å². The second-order valence-corrected chi connectivity index (χ2v) is 2.48. The third-order valence-corrected chi connectivity index (χ3v) is 1.86. The summed E-state index contributed by atoms with van der Waals surface area (Å²) in [5, 5.41) is 0. The molecule has 0 aromatic carbocycles. The molecule has 1 fully saturated rings. The van der Waals surface area contributed by atoms with Gasteiger partial charge in [-0.3, -0.25) is 10.2 Å². The number of carbonyl (C=O) groups is 1. The zero-order valence-electron chi connectivity index (χ0n) is 6.37. The normalized spacial score (nSPS) is 29.3. The highest BCUT2D eigenvalue weighted by Gasteiger charge is 2.29. The molecule has 0 radical (unpaired) electrons. The van der Waals surface area contributed by atoms with E-state index < -0.39 is 0 Å². The van der Waals surface area contributed by atoms with Gasteiger partial charge in [-0.05, 0) is 13.3 Å². The van der Waals surface area contributed by atoms with Crippen molar-refractivity contribution >= 4 is 18.3 Å². The zero-order valence-corrected chi connectivity index (χ0v) is 7.19. The number of nitrogens with two attached hydrogens (primary N) is 1. The summed E-state index contributed by atoms with van der Waals surface area (Å²) in [5.74, 6) is 4.79. The second-order valence-electron chi connectivity index (χ2n) is 2.48. The van der Waals surface area contributed by atoms with Crippen molar-refractivity contribution in [1.29, 1.82) is 0 Å². The van der Waals surface area contributed by atoms with Gasteiger partial charge >= 0.3 is 0 Å². The van der Waals surface area contributed by atoms with Crippen molar-refractivity contribution in [2.24, 2.45) is 11.8 Å². The Morgan fingerprint density at radius 3 is 2.73 bits per heavy atom. The van der Waals surface area contributed by atoms with Gasteiger partial charge in [-0.1, -0.05) is 0 Å². The highest BCUT2D eigenvalue weighted by molar-refractivity contribution is 5.85. The first kappa shape index (κ1) is 10.7. The maximum Gasteiger partial charge on any atom is 0.239 e. The number of carbonyl (C=O) groups excluding carboxylic acids is 1. The fourth-order valence-corrected chi connectivity index (χ4v) is 1.18. The monoisotopic (exact) mass is 180 g/mol. The Morgan fingerprint density at radius 1 is 1.73 bits per heavy atom. The molecule has 2 atom stereocenters. The van der Waals surface area contributed by atoms with Crippen LogP contribution in [0.25, 0.3) is 0 Å². The Bertz CT molecular complexity index is 143. The van der Waals surface area contributed by atoms with E-state index in [0.29, 0.717) is 6.61 Å². The third kappa shape index (κ3) is 2.32. The Kier molecular flexibility index (Phi) is 4.40. The lowest BCUT2D eigenvalue weighted by Crippen LogP contribution is -2.38. The molecule has 1 aliphatic heterocycles. The smallest absolute Gasteiger partial charge is 0.239 e. The lowest BCUT2D eigenvalue weighted by molar-refractivity contribution is -0.126. The van der Waals surface area contributed by atoms with Gasteiger partial charge in [-0.15, -0.1) is 12.4 Å². The predicted molar refractivity (Wildman–Crippen MR) is 43.1 cm³/mol. The Hall–Kier alpha value is -0.320. The fourth-order valence-electron chi connectivity index (χ4n) is 1.18. The Balaban J connectivity index is 0.000001000. The number of amides is 1. The fraction of sp³-hybridized carbons (Fsp3) is 0.833. The first-order chi connectivity index (χ1) is 4.75. The molecule has 0 aromatic rings. The van der Waals surface area contributed by atoms with Crippen LogP contribution >= 0.6 is 12.4 Å². The zero-order chi connectivity index (χ0) is 7.56. The maximum absolute atomic E-state index is 10.9. The average Bonchev–Trinajstić information content (AvgIpc) is 2.34. The maximum atomic E-state index is 10.9. The molecule has 0 spiro atoms. The molecule has 1 heterocycles. The van der Waals surface area contributed by atoms with Gasteiger partial charge in [0.05, 0.1) is 12.0 Å². The van der Waals surface area contributed by atoms with Gasteiger partial charge in [0, 0.05) is 6.61 Å². The van der Waals surface area contributed by atoms with E-state index in [0.717, 1.165) is 6.42 Å². The Morgan fingerprint density at radius 2 is 2.36 bits per heavy atom. The molecule has 0 aromatic heterocycles. The molecule has 3 N–H and O–H groups in total. The minimum atomic E-state index is -0.120. The van der Waals surface area contributed by atoms with E-state index in [1.807, 2.05) is 6.92 Å². The number of hydrogen-bond acceptors (Lipinski definition) is 3. The van der Waals surface area contributed by atoms with Crippen molar-refractivity contribution in [1.82, 2.24) is 5.43 Å². The van der Waals surface area contributed by atoms with Crippen LogP contribution in [0.1, 0.15) is 13.3 Å². The molecular formula is C6H13ClN2O2. The quantitative estimate of drug-likeness (QED) is 0.334. The van der Waals surface area contributed by atoms with Crippen LogP contribution in [0, 0.1) is 5.92 Å². The molecule has 66 valence electrons. The van der Waals surface area contributed by atoms with Gasteiger partial charge in [0.2, 0.25) is 5.91 Å². The molecule has 5 heteroatoms. The van der Waals surface area contributed by atoms with Crippen LogP contribution in [-0.4, -0.2) is 18.6 Å². The molecule has 1 aliphatic rings. The number of rotatable bonds is 1. The average molecular weight is 181 g/mol. The van der Waals surface area contributed by atoms with Crippen LogP contribution in [-0.2, 0) is 9.53 Å². The number of ether oxygens (including phenoxy) is 1. The molecule has 0 aliphatic carbocycles. The van der Waals surface area contributed by atoms with Crippen molar-refractivity contribution in [2.45, 2.75) is 19.4 Å². The van der Waals surface area contributed by atoms with Gasteiger partial charge in [0.1, 0.15) is 0 Å². The van der Waals surface area contributed by atoms with E-state index >= 15 is 0 Å². The van der Waals surface area contributed by atoms with Crippen LogP contribution in [0.3, 0.4) is 0 Å². The molecule has 11 heavy (non-hydrogen) atoms. The molecule has 0 saturated carbocycles. The highest BCUT2D eigenvalue weighted by Crippen LogP contribution is 2.19. The molecular weight excluding hydrogens is 168 g/mol. The third-order valence-electron chi connectivity index (χ3n) is 1.86. The summed E-state index contributed by atoms with van der Waals surface area (Å²) >= 11 is 0.